The second-order valence-electron chi connectivity index (χ2n) is 5.02. The van der Waals surface area contributed by atoms with Crippen molar-refractivity contribution >= 4 is 5.78 Å². The summed E-state index contributed by atoms with van der Waals surface area (Å²) in [5, 5.41) is 3.85. The Bertz CT molecular complexity index is 343. The van der Waals surface area contributed by atoms with Gasteiger partial charge in [-0.25, -0.2) is 0 Å². The maximum atomic E-state index is 11.5. The van der Waals surface area contributed by atoms with Crippen molar-refractivity contribution in [3.63, 3.8) is 0 Å². The second kappa shape index (κ2) is 5.77. The molecule has 0 radical (unpaired) electrons. The van der Waals surface area contributed by atoms with Crippen molar-refractivity contribution in [2.75, 3.05) is 0 Å². The molecule has 0 atom stereocenters. The SMILES string of the molecule is CC(C)CC(=O)Cc1nc(CC(C)C)no1. The zero-order valence-corrected chi connectivity index (χ0v) is 10.5. The lowest BCUT2D eigenvalue weighted by Gasteiger charge is -2.00. The highest BCUT2D eigenvalue weighted by Gasteiger charge is 2.13. The Balaban J connectivity index is 2.48. The van der Waals surface area contributed by atoms with Gasteiger partial charge in [0.15, 0.2) is 5.82 Å². The van der Waals surface area contributed by atoms with Gasteiger partial charge in [0.25, 0.3) is 0 Å². The van der Waals surface area contributed by atoms with E-state index in [-0.39, 0.29) is 12.2 Å². The molecule has 4 heteroatoms. The van der Waals surface area contributed by atoms with Gasteiger partial charge in [-0.2, -0.15) is 4.98 Å². The Kier molecular flexibility index (Phi) is 4.65. The Morgan fingerprint density at radius 2 is 1.94 bits per heavy atom. The van der Waals surface area contributed by atoms with Crippen molar-refractivity contribution in [1.29, 1.82) is 0 Å². The number of hydrogen-bond donors (Lipinski definition) is 0. The summed E-state index contributed by atoms with van der Waals surface area (Å²) in [6.07, 6.45) is 1.63. The molecule has 0 fully saturated rings. The predicted molar refractivity (Wildman–Crippen MR) is 61.0 cm³/mol. The molecule has 0 spiro atoms. The van der Waals surface area contributed by atoms with Gasteiger partial charge < -0.3 is 4.52 Å². The van der Waals surface area contributed by atoms with Gasteiger partial charge >= 0.3 is 0 Å². The molecular weight excluding hydrogens is 204 g/mol. The summed E-state index contributed by atoms with van der Waals surface area (Å²) in [6.45, 7) is 8.24. The molecule has 16 heavy (non-hydrogen) atoms. The standard InChI is InChI=1S/C12H20N2O2/c1-8(2)5-10(15)7-12-13-11(14-16-12)6-9(3)4/h8-9H,5-7H2,1-4H3. The summed E-state index contributed by atoms with van der Waals surface area (Å²) in [5.74, 6) is 2.18. The minimum atomic E-state index is 0.162. The van der Waals surface area contributed by atoms with Crippen molar-refractivity contribution in [2.45, 2.75) is 47.0 Å². The Hall–Kier alpha value is -1.19. The normalized spacial score (nSPS) is 11.4. The number of carbonyl (C=O) groups excluding carboxylic acids is 1. The molecule has 90 valence electrons. The maximum absolute atomic E-state index is 11.5. The maximum Gasteiger partial charge on any atom is 0.234 e. The fourth-order valence-electron chi connectivity index (χ4n) is 1.51. The number of hydrogen-bond acceptors (Lipinski definition) is 4. The van der Waals surface area contributed by atoms with Crippen LogP contribution < -0.4 is 0 Å². The minimum Gasteiger partial charge on any atom is -0.339 e. The third kappa shape index (κ3) is 4.55. The van der Waals surface area contributed by atoms with Gasteiger partial charge in [0.05, 0.1) is 6.42 Å². The highest BCUT2D eigenvalue weighted by Crippen LogP contribution is 2.08. The Morgan fingerprint density at radius 3 is 2.50 bits per heavy atom. The molecule has 0 aliphatic carbocycles. The molecule has 0 saturated carbocycles. The first-order valence-corrected chi connectivity index (χ1v) is 5.80. The van der Waals surface area contributed by atoms with Crippen LogP contribution in [0.1, 0.15) is 45.8 Å². The lowest BCUT2D eigenvalue weighted by Crippen LogP contribution is -2.06. The second-order valence-corrected chi connectivity index (χ2v) is 5.02. The van der Waals surface area contributed by atoms with E-state index in [9.17, 15) is 4.79 Å². The molecule has 0 aromatic carbocycles. The van der Waals surface area contributed by atoms with E-state index in [1.165, 1.54) is 0 Å². The first-order valence-electron chi connectivity index (χ1n) is 5.80. The summed E-state index contributed by atoms with van der Waals surface area (Å²) in [4.78, 5) is 15.7. The first kappa shape index (κ1) is 12.9. The summed E-state index contributed by atoms with van der Waals surface area (Å²) >= 11 is 0. The molecule has 1 aromatic heterocycles. The molecule has 0 N–H and O–H groups in total. The van der Waals surface area contributed by atoms with Crippen LogP contribution in [0, 0.1) is 11.8 Å². The monoisotopic (exact) mass is 224 g/mol. The lowest BCUT2D eigenvalue weighted by molar-refractivity contribution is -0.119. The van der Waals surface area contributed by atoms with E-state index in [2.05, 4.69) is 24.0 Å². The molecule has 0 aliphatic rings. The van der Waals surface area contributed by atoms with Crippen molar-refractivity contribution in [3.05, 3.63) is 11.7 Å². The van der Waals surface area contributed by atoms with Gasteiger partial charge in [0, 0.05) is 12.8 Å². The molecule has 4 nitrogen and oxygen atoms in total. The van der Waals surface area contributed by atoms with Crippen LogP contribution in [-0.4, -0.2) is 15.9 Å². The summed E-state index contributed by atoms with van der Waals surface area (Å²) in [6, 6.07) is 0. The predicted octanol–water partition coefficient (Wildman–Crippen LogP) is 2.43. The van der Waals surface area contributed by atoms with Gasteiger partial charge in [-0.05, 0) is 11.8 Å². The Labute approximate surface area is 96.4 Å². The fourth-order valence-corrected chi connectivity index (χ4v) is 1.51. The van der Waals surface area contributed by atoms with Crippen LogP contribution in [0.15, 0.2) is 4.52 Å². The number of ketones is 1. The smallest absolute Gasteiger partial charge is 0.234 e. The average Bonchev–Trinajstić information content (AvgIpc) is 2.49. The van der Waals surface area contributed by atoms with Crippen LogP contribution in [0.25, 0.3) is 0 Å². The Morgan fingerprint density at radius 1 is 1.25 bits per heavy atom. The minimum absolute atomic E-state index is 0.162. The molecule has 0 amide bonds. The number of carbonyl (C=O) groups is 1. The van der Waals surface area contributed by atoms with Crippen LogP contribution in [0.4, 0.5) is 0 Å². The van der Waals surface area contributed by atoms with Crippen molar-refractivity contribution in [3.8, 4) is 0 Å². The third-order valence-corrected chi connectivity index (χ3v) is 2.09. The van der Waals surface area contributed by atoms with E-state index in [1.54, 1.807) is 0 Å². The first-order chi connectivity index (χ1) is 7.47. The molecular formula is C12H20N2O2. The van der Waals surface area contributed by atoms with Crippen molar-refractivity contribution < 1.29 is 9.32 Å². The van der Waals surface area contributed by atoms with Crippen LogP contribution in [0.3, 0.4) is 0 Å². The molecule has 0 saturated heterocycles. The highest BCUT2D eigenvalue weighted by molar-refractivity contribution is 5.80. The zero-order valence-electron chi connectivity index (χ0n) is 10.5. The quantitative estimate of drug-likeness (QED) is 0.744. The number of Topliss-reactive ketones (excluding diaryl/α,β-unsaturated/α-hetero) is 1. The number of nitrogens with zero attached hydrogens (tertiary/aromatic N) is 2. The topological polar surface area (TPSA) is 56.0 Å². The fraction of sp³-hybridized carbons (Fsp3) is 0.750. The summed E-state index contributed by atoms with van der Waals surface area (Å²) < 4.78 is 5.04. The average molecular weight is 224 g/mol. The van der Waals surface area contributed by atoms with Crippen LogP contribution in [0.5, 0.6) is 0 Å². The van der Waals surface area contributed by atoms with E-state index in [0.717, 1.165) is 6.42 Å². The molecule has 0 bridgehead atoms. The summed E-state index contributed by atoms with van der Waals surface area (Å²) in [5.41, 5.74) is 0. The highest BCUT2D eigenvalue weighted by atomic mass is 16.5. The van der Waals surface area contributed by atoms with Crippen LogP contribution in [0.2, 0.25) is 0 Å². The van der Waals surface area contributed by atoms with Crippen LogP contribution in [-0.2, 0) is 17.6 Å². The summed E-state index contributed by atoms with van der Waals surface area (Å²) in [7, 11) is 0. The van der Waals surface area contributed by atoms with Gasteiger partial charge in [0.1, 0.15) is 5.78 Å². The van der Waals surface area contributed by atoms with E-state index < -0.39 is 0 Å². The van der Waals surface area contributed by atoms with Gasteiger partial charge in [-0.1, -0.05) is 32.9 Å². The van der Waals surface area contributed by atoms with E-state index in [4.69, 9.17) is 4.52 Å². The van der Waals surface area contributed by atoms with Gasteiger partial charge in [-0.15, -0.1) is 0 Å². The largest absolute Gasteiger partial charge is 0.339 e. The van der Waals surface area contributed by atoms with E-state index in [0.29, 0.717) is 30.0 Å². The van der Waals surface area contributed by atoms with Gasteiger partial charge in [-0.3, -0.25) is 4.79 Å². The molecule has 1 aromatic rings. The van der Waals surface area contributed by atoms with Crippen molar-refractivity contribution in [2.24, 2.45) is 11.8 Å². The van der Waals surface area contributed by atoms with Crippen molar-refractivity contribution in [1.82, 2.24) is 10.1 Å². The molecule has 0 aliphatic heterocycles. The lowest BCUT2D eigenvalue weighted by atomic mass is 10.1. The molecule has 1 heterocycles. The van der Waals surface area contributed by atoms with Gasteiger partial charge in [0.2, 0.25) is 5.89 Å². The molecule has 1 rings (SSSR count). The number of aromatic nitrogens is 2. The molecule has 0 unspecified atom stereocenters. The van der Waals surface area contributed by atoms with E-state index in [1.807, 2.05) is 13.8 Å². The van der Waals surface area contributed by atoms with E-state index >= 15 is 0 Å². The zero-order chi connectivity index (χ0) is 12.1. The number of rotatable bonds is 6. The van der Waals surface area contributed by atoms with Crippen LogP contribution >= 0.6 is 0 Å². The third-order valence-electron chi connectivity index (χ3n) is 2.09.